The maximum Gasteiger partial charge on any atom is 0.458 e. The molecule has 19 heavy (non-hydrogen) atoms. The van der Waals surface area contributed by atoms with E-state index in [1.165, 1.54) is 5.56 Å². The molecule has 1 atom stereocenters. The molecule has 0 bridgehead atoms. The van der Waals surface area contributed by atoms with Crippen molar-refractivity contribution in [3.63, 3.8) is 0 Å². The maximum atomic E-state index is 6.05. The fourth-order valence-corrected chi connectivity index (χ4v) is 2.49. The van der Waals surface area contributed by atoms with Gasteiger partial charge in [0.2, 0.25) is 0 Å². The van der Waals surface area contributed by atoms with Crippen molar-refractivity contribution >= 4 is 7.12 Å². The molecule has 0 unspecified atom stereocenters. The lowest BCUT2D eigenvalue weighted by Crippen LogP contribution is -2.41. The molecule has 1 aliphatic rings. The fourth-order valence-electron chi connectivity index (χ4n) is 2.49. The molecule has 1 saturated heterocycles. The first-order chi connectivity index (χ1) is 8.80. The third-order valence-corrected chi connectivity index (χ3v) is 4.32. The molecule has 3 heteroatoms. The molecular weight excluding hydrogens is 235 g/mol. The van der Waals surface area contributed by atoms with Crippen molar-refractivity contribution in [2.45, 2.75) is 58.6 Å². The summed E-state index contributed by atoms with van der Waals surface area (Å²) in [6.45, 7) is 10.7. The van der Waals surface area contributed by atoms with Gasteiger partial charge in [0, 0.05) is 0 Å². The molecule has 0 aromatic heterocycles. The van der Waals surface area contributed by atoms with E-state index in [0.717, 1.165) is 12.7 Å². The molecule has 0 N–H and O–H groups in total. The average Bonchev–Trinajstić information content (AvgIpc) is 2.47. The van der Waals surface area contributed by atoms with Crippen LogP contribution in [0.2, 0.25) is 6.32 Å². The van der Waals surface area contributed by atoms with Gasteiger partial charge in [-0.3, -0.25) is 0 Å². The van der Waals surface area contributed by atoms with E-state index >= 15 is 0 Å². The van der Waals surface area contributed by atoms with E-state index in [1.54, 1.807) is 0 Å². The van der Waals surface area contributed by atoms with Gasteiger partial charge in [-0.1, -0.05) is 37.3 Å². The second-order valence-corrected chi connectivity index (χ2v) is 6.72. The minimum atomic E-state index is -0.218. The monoisotopic (exact) mass is 260 g/mol. The van der Waals surface area contributed by atoms with Gasteiger partial charge in [-0.2, -0.15) is 0 Å². The van der Waals surface area contributed by atoms with Crippen molar-refractivity contribution in [3.8, 4) is 0 Å². The maximum absolute atomic E-state index is 6.05. The van der Waals surface area contributed by atoms with Crippen LogP contribution in [-0.2, 0) is 15.7 Å². The molecule has 1 aliphatic heterocycles. The van der Waals surface area contributed by atoms with Crippen molar-refractivity contribution in [2.75, 3.05) is 0 Å². The van der Waals surface area contributed by atoms with Crippen LogP contribution in [0.4, 0.5) is 0 Å². The van der Waals surface area contributed by atoms with Gasteiger partial charge in [0.1, 0.15) is 0 Å². The lowest BCUT2D eigenvalue weighted by Gasteiger charge is -2.32. The van der Waals surface area contributed by atoms with Crippen molar-refractivity contribution in [1.82, 2.24) is 0 Å². The highest BCUT2D eigenvalue weighted by atomic mass is 16.7. The molecule has 0 amide bonds. The van der Waals surface area contributed by atoms with E-state index < -0.39 is 0 Å². The summed E-state index contributed by atoms with van der Waals surface area (Å²) in [6.07, 6.45) is 2.02. The third-order valence-electron chi connectivity index (χ3n) is 4.32. The second-order valence-electron chi connectivity index (χ2n) is 6.72. The molecule has 2 nitrogen and oxygen atoms in total. The Labute approximate surface area is 117 Å². The molecular formula is C16H25BO2. The lowest BCUT2D eigenvalue weighted by molar-refractivity contribution is 0.00578. The molecule has 1 heterocycles. The van der Waals surface area contributed by atoms with Gasteiger partial charge < -0.3 is 9.31 Å². The van der Waals surface area contributed by atoms with Gasteiger partial charge in [-0.05, 0) is 51.9 Å². The largest absolute Gasteiger partial charge is 0.458 e. The van der Waals surface area contributed by atoms with Crippen molar-refractivity contribution < 1.29 is 9.31 Å². The SMILES string of the molecule is C[C@@H](CB1OC(C)(C)C(C)(C)O1)Cc1ccccc1. The molecule has 1 aromatic rings. The summed E-state index contributed by atoms with van der Waals surface area (Å²) < 4.78 is 12.1. The van der Waals surface area contributed by atoms with Crippen LogP contribution in [0.15, 0.2) is 30.3 Å². The Bertz CT molecular complexity index is 398. The summed E-state index contributed by atoms with van der Waals surface area (Å²) in [5.41, 5.74) is 0.945. The Kier molecular flexibility index (Phi) is 4.07. The summed E-state index contributed by atoms with van der Waals surface area (Å²) in [6, 6.07) is 10.6. The van der Waals surface area contributed by atoms with Crippen LogP contribution >= 0.6 is 0 Å². The Morgan fingerprint density at radius 3 is 2.05 bits per heavy atom. The highest BCUT2D eigenvalue weighted by molar-refractivity contribution is 6.45. The van der Waals surface area contributed by atoms with Crippen molar-refractivity contribution in [2.24, 2.45) is 5.92 Å². The van der Waals surface area contributed by atoms with Gasteiger partial charge in [-0.15, -0.1) is 0 Å². The zero-order valence-corrected chi connectivity index (χ0v) is 12.8. The van der Waals surface area contributed by atoms with E-state index in [9.17, 15) is 0 Å². The van der Waals surface area contributed by atoms with Crippen LogP contribution in [-0.4, -0.2) is 18.3 Å². The lowest BCUT2D eigenvalue weighted by atomic mass is 9.76. The quantitative estimate of drug-likeness (QED) is 0.763. The van der Waals surface area contributed by atoms with Crippen LogP contribution in [0.1, 0.15) is 40.2 Å². The molecule has 0 aliphatic carbocycles. The summed E-state index contributed by atoms with van der Waals surface area (Å²) in [7, 11) is -0.0799. The smallest absolute Gasteiger partial charge is 0.403 e. The number of rotatable bonds is 4. The third kappa shape index (κ3) is 3.40. The van der Waals surface area contributed by atoms with Gasteiger partial charge in [0.05, 0.1) is 11.2 Å². The normalized spacial score (nSPS) is 22.5. The summed E-state index contributed by atoms with van der Waals surface area (Å²) in [4.78, 5) is 0. The fraction of sp³-hybridized carbons (Fsp3) is 0.625. The Morgan fingerprint density at radius 1 is 1.00 bits per heavy atom. The van der Waals surface area contributed by atoms with Crippen LogP contribution in [0.5, 0.6) is 0 Å². The highest BCUT2D eigenvalue weighted by Gasteiger charge is 2.50. The minimum Gasteiger partial charge on any atom is -0.403 e. The molecule has 0 radical (unpaired) electrons. The van der Waals surface area contributed by atoms with E-state index in [-0.39, 0.29) is 18.3 Å². The van der Waals surface area contributed by atoms with Crippen molar-refractivity contribution in [1.29, 1.82) is 0 Å². The summed E-state index contributed by atoms with van der Waals surface area (Å²) >= 11 is 0. The molecule has 1 fully saturated rings. The van der Waals surface area contributed by atoms with E-state index in [2.05, 4.69) is 65.0 Å². The first-order valence-electron chi connectivity index (χ1n) is 7.20. The Balaban J connectivity index is 1.89. The van der Waals surface area contributed by atoms with Gasteiger partial charge in [-0.25, -0.2) is 0 Å². The second kappa shape index (κ2) is 5.30. The van der Waals surface area contributed by atoms with Gasteiger partial charge in [0.15, 0.2) is 0 Å². The first-order valence-corrected chi connectivity index (χ1v) is 7.20. The van der Waals surface area contributed by atoms with E-state index in [4.69, 9.17) is 9.31 Å². The van der Waals surface area contributed by atoms with E-state index in [0.29, 0.717) is 5.92 Å². The Morgan fingerprint density at radius 2 is 1.53 bits per heavy atom. The molecule has 1 aromatic carbocycles. The number of benzene rings is 1. The van der Waals surface area contributed by atoms with Crippen LogP contribution in [0, 0.1) is 5.92 Å². The number of hydrogen-bond donors (Lipinski definition) is 0. The predicted octanol–water partition coefficient (Wildman–Crippen LogP) is 3.96. The molecule has 104 valence electrons. The highest BCUT2D eigenvalue weighted by Crippen LogP contribution is 2.38. The van der Waals surface area contributed by atoms with Crippen LogP contribution in [0.3, 0.4) is 0 Å². The first kappa shape index (κ1) is 14.6. The predicted molar refractivity (Wildman–Crippen MR) is 80.2 cm³/mol. The molecule has 0 saturated carbocycles. The summed E-state index contributed by atoms with van der Waals surface area (Å²) in [5, 5.41) is 0. The summed E-state index contributed by atoms with van der Waals surface area (Å²) in [5.74, 6) is 0.553. The van der Waals surface area contributed by atoms with Crippen molar-refractivity contribution in [3.05, 3.63) is 35.9 Å². The minimum absolute atomic E-state index is 0.0799. The van der Waals surface area contributed by atoms with E-state index in [1.807, 2.05) is 0 Å². The van der Waals surface area contributed by atoms with Crippen LogP contribution in [0.25, 0.3) is 0 Å². The zero-order valence-electron chi connectivity index (χ0n) is 12.8. The zero-order chi connectivity index (χ0) is 14.1. The standard InChI is InChI=1S/C16H25BO2/c1-13(11-14-9-7-6-8-10-14)12-17-18-15(2,3)16(4,5)19-17/h6-10,13H,11-12H2,1-5H3/t13-/m1/s1. The number of hydrogen-bond acceptors (Lipinski definition) is 2. The Hall–Kier alpha value is -0.795. The average molecular weight is 260 g/mol. The van der Waals surface area contributed by atoms with Crippen LogP contribution < -0.4 is 0 Å². The molecule has 2 rings (SSSR count). The van der Waals surface area contributed by atoms with Gasteiger partial charge in [0.25, 0.3) is 0 Å². The van der Waals surface area contributed by atoms with Gasteiger partial charge >= 0.3 is 7.12 Å². The topological polar surface area (TPSA) is 18.5 Å². The molecule has 0 spiro atoms.